The molecule has 0 saturated heterocycles. The third-order valence-electron chi connectivity index (χ3n) is 4.79. The van der Waals surface area contributed by atoms with Crippen LogP contribution in [-0.4, -0.2) is 49.4 Å². The predicted molar refractivity (Wildman–Crippen MR) is 108 cm³/mol. The van der Waals surface area contributed by atoms with Crippen molar-refractivity contribution in [2.45, 2.75) is 18.1 Å². The zero-order valence-electron chi connectivity index (χ0n) is 15.7. The Hall–Kier alpha value is -2.20. The standard InChI is InChI=1S/C19H21N3O4S2/c1-20(2)28(23,24)15-7-8-18-16(11-15)22(19(27)26-18)13-21-9-10-25-17-6-4-3-5-14(17)12-21/h3-8,11H,9-10,12-13H2,1-2H3. The van der Waals surface area contributed by atoms with E-state index < -0.39 is 10.0 Å². The Morgan fingerprint density at radius 2 is 1.96 bits per heavy atom. The molecule has 2 aromatic carbocycles. The Labute approximate surface area is 168 Å². The van der Waals surface area contributed by atoms with Gasteiger partial charge in [0.15, 0.2) is 5.58 Å². The zero-order valence-corrected chi connectivity index (χ0v) is 17.3. The van der Waals surface area contributed by atoms with Crippen molar-refractivity contribution in [2.24, 2.45) is 0 Å². The minimum Gasteiger partial charge on any atom is -0.492 e. The van der Waals surface area contributed by atoms with Crippen LogP contribution in [0.25, 0.3) is 11.1 Å². The summed E-state index contributed by atoms with van der Waals surface area (Å²) < 4.78 is 39.5. The highest BCUT2D eigenvalue weighted by molar-refractivity contribution is 7.89. The fourth-order valence-electron chi connectivity index (χ4n) is 3.25. The molecule has 2 heterocycles. The number of benzene rings is 2. The summed E-state index contributed by atoms with van der Waals surface area (Å²) in [6.45, 7) is 2.48. The molecule has 28 heavy (non-hydrogen) atoms. The third kappa shape index (κ3) is 3.46. The van der Waals surface area contributed by atoms with Gasteiger partial charge in [-0.25, -0.2) is 12.7 Å². The van der Waals surface area contributed by atoms with E-state index in [4.69, 9.17) is 21.4 Å². The quantitative estimate of drug-likeness (QED) is 0.606. The number of ether oxygens (including phenoxy) is 1. The molecule has 0 fully saturated rings. The minimum absolute atomic E-state index is 0.207. The predicted octanol–water partition coefficient (Wildman–Crippen LogP) is 3.07. The van der Waals surface area contributed by atoms with Crippen molar-refractivity contribution in [3.8, 4) is 5.75 Å². The van der Waals surface area contributed by atoms with Gasteiger partial charge in [-0.2, -0.15) is 0 Å². The van der Waals surface area contributed by atoms with Gasteiger partial charge in [0.1, 0.15) is 12.4 Å². The Morgan fingerprint density at radius 1 is 1.18 bits per heavy atom. The Morgan fingerprint density at radius 3 is 2.75 bits per heavy atom. The van der Waals surface area contributed by atoms with E-state index in [9.17, 15) is 8.42 Å². The summed E-state index contributed by atoms with van der Waals surface area (Å²) in [5, 5.41) is 0. The number of hydrogen-bond donors (Lipinski definition) is 0. The van der Waals surface area contributed by atoms with Gasteiger partial charge in [-0.15, -0.1) is 0 Å². The number of nitrogens with zero attached hydrogens (tertiary/aromatic N) is 3. The van der Waals surface area contributed by atoms with E-state index in [1.54, 1.807) is 12.1 Å². The molecule has 3 aromatic rings. The van der Waals surface area contributed by atoms with Gasteiger partial charge in [0.25, 0.3) is 4.84 Å². The topological polar surface area (TPSA) is 67.9 Å². The first-order valence-corrected chi connectivity index (χ1v) is 10.7. The number of hydrogen-bond acceptors (Lipinski definition) is 6. The van der Waals surface area contributed by atoms with Crippen LogP contribution in [0, 0.1) is 4.84 Å². The van der Waals surface area contributed by atoms with Crippen molar-refractivity contribution >= 4 is 33.3 Å². The number of sulfonamides is 1. The van der Waals surface area contributed by atoms with Gasteiger partial charge in [0, 0.05) is 32.7 Å². The molecule has 1 aliphatic heterocycles. The van der Waals surface area contributed by atoms with Crippen LogP contribution < -0.4 is 4.74 Å². The highest BCUT2D eigenvalue weighted by Gasteiger charge is 2.21. The molecule has 0 aliphatic carbocycles. The normalized spacial score (nSPS) is 15.4. The first kappa shape index (κ1) is 19.1. The molecule has 148 valence electrons. The number of oxazole rings is 1. The monoisotopic (exact) mass is 419 g/mol. The Balaban J connectivity index is 1.71. The molecule has 7 nitrogen and oxygen atoms in total. The molecule has 0 N–H and O–H groups in total. The SMILES string of the molecule is CN(C)S(=O)(=O)c1ccc2oc(=S)n(CN3CCOc4ccccc4C3)c2c1. The van der Waals surface area contributed by atoms with Crippen LogP contribution in [0.4, 0.5) is 0 Å². The second-order valence-corrected chi connectivity index (χ2v) is 9.36. The van der Waals surface area contributed by atoms with E-state index in [2.05, 4.69) is 4.90 Å². The molecule has 4 rings (SSSR count). The molecule has 0 radical (unpaired) electrons. The summed E-state index contributed by atoms with van der Waals surface area (Å²) in [6, 6.07) is 12.8. The van der Waals surface area contributed by atoms with Crippen LogP contribution in [0.5, 0.6) is 5.75 Å². The Bertz CT molecular complexity index is 1180. The maximum atomic E-state index is 12.5. The molecule has 0 unspecified atom stereocenters. The van der Waals surface area contributed by atoms with Crippen LogP contribution in [0.2, 0.25) is 0 Å². The lowest BCUT2D eigenvalue weighted by Crippen LogP contribution is -2.28. The average Bonchev–Trinajstić information content (AvgIpc) is 2.84. The zero-order chi connectivity index (χ0) is 19.9. The molecule has 1 aromatic heterocycles. The molecular weight excluding hydrogens is 398 g/mol. The third-order valence-corrected chi connectivity index (χ3v) is 6.91. The van der Waals surface area contributed by atoms with Gasteiger partial charge in [-0.3, -0.25) is 9.47 Å². The van der Waals surface area contributed by atoms with E-state index >= 15 is 0 Å². The second kappa shape index (κ2) is 7.32. The van der Waals surface area contributed by atoms with Crippen molar-refractivity contribution in [1.82, 2.24) is 13.8 Å². The second-order valence-electron chi connectivity index (χ2n) is 6.86. The molecule has 0 bridgehead atoms. The summed E-state index contributed by atoms with van der Waals surface area (Å²) in [5.41, 5.74) is 2.33. The lowest BCUT2D eigenvalue weighted by molar-refractivity contribution is 0.185. The lowest BCUT2D eigenvalue weighted by Gasteiger charge is -2.20. The van der Waals surface area contributed by atoms with Crippen LogP contribution in [0.15, 0.2) is 51.8 Å². The van der Waals surface area contributed by atoms with Crippen molar-refractivity contribution in [1.29, 1.82) is 0 Å². The van der Waals surface area contributed by atoms with Gasteiger partial charge in [-0.1, -0.05) is 18.2 Å². The summed E-state index contributed by atoms with van der Waals surface area (Å²) in [6.07, 6.45) is 0. The number of aromatic nitrogens is 1. The highest BCUT2D eigenvalue weighted by atomic mass is 32.2. The lowest BCUT2D eigenvalue weighted by atomic mass is 10.2. The fourth-order valence-corrected chi connectivity index (χ4v) is 4.42. The number of rotatable bonds is 4. The molecule has 9 heteroatoms. The van der Waals surface area contributed by atoms with Gasteiger partial charge in [-0.05, 0) is 36.5 Å². The summed E-state index contributed by atoms with van der Waals surface area (Å²) in [4.78, 5) is 2.72. The van der Waals surface area contributed by atoms with Crippen LogP contribution in [0.3, 0.4) is 0 Å². The van der Waals surface area contributed by atoms with Gasteiger partial charge >= 0.3 is 0 Å². The largest absolute Gasteiger partial charge is 0.492 e. The number of para-hydroxylation sites is 1. The van der Waals surface area contributed by atoms with E-state index in [0.717, 1.165) is 17.9 Å². The minimum atomic E-state index is -3.54. The maximum absolute atomic E-state index is 12.5. The van der Waals surface area contributed by atoms with E-state index in [1.165, 1.54) is 24.5 Å². The summed E-state index contributed by atoms with van der Waals surface area (Å²) >= 11 is 5.40. The molecular formula is C19H21N3O4S2. The first-order valence-electron chi connectivity index (χ1n) is 8.85. The van der Waals surface area contributed by atoms with Crippen LogP contribution in [0.1, 0.15) is 5.56 Å². The van der Waals surface area contributed by atoms with E-state index in [0.29, 0.717) is 35.8 Å². The smallest absolute Gasteiger partial charge is 0.270 e. The highest BCUT2D eigenvalue weighted by Crippen LogP contribution is 2.26. The molecule has 1 aliphatic rings. The summed E-state index contributed by atoms with van der Waals surface area (Å²) in [7, 11) is -0.524. The van der Waals surface area contributed by atoms with Gasteiger partial charge in [0.2, 0.25) is 10.0 Å². The molecule has 0 amide bonds. The molecule has 0 saturated carbocycles. The first-order chi connectivity index (χ1) is 13.4. The van der Waals surface area contributed by atoms with E-state index in [1.807, 2.05) is 28.8 Å². The van der Waals surface area contributed by atoms with Gasteiger partial charge in [0.05, 0.1) is 17.1 Å². The molecule has 0 spiro atoms. The van der Waals surface area contributed by atoms with Crippen molar-refractivity contribution < 1.29 is 17.6 Å². The average molecular weight is 420 g/mol. The van der Waals surface area contributed by atoms with E-state index in [-0.39, 0.29) is 4.90 Å². The van der Waals surface area contributed by atoms with Crippen molar-refractivity contribution in [3.05, 3.63) is 52.9 Å². The van der Waals surface area contributed by atoms with Crippen LogP contribution >= 0.6 is 12.2 Å². The van der Waals surface area contributed by atoms with Gasteiger partial charge < -0.3 is 9.15 Å². The molecule has 0 atom stereocenters. The maximum Gasteiger partial charge on any atom is 0.270 e. The van der Waals surface area contributed by atoms with Crippen molar-refractivity contribution in [2.75, 3.05) is 27.2 Å². The summed E-state index contributed by atoms with van der Waals surface area (Å²) in [5.74, 6) is 0.894. The number of fused-ring (bicyclic) bond motifs is 2. The fraction of sp³-hybridized carbons (Fsp3) is 0.316. The van der Waals surface area contributed by atoms with Crippen molar-refractivity contribution in [3.63, 3.8) is 0 Å². The Kier molecular flexibility index (Phi) is 5.00. The van der Waals surface area contributed by atoms with Crippen LogP contribution in [-0.2, 0) is 23.2 Å².